The van der Waals surface area contributed by atoms with Crippen molar-refractivity contribution in [2.24, 2.45) is 0 Å². The summed E-state index contributed by atoms with van der Waals surface area (Å²) in [5.41, 5.74) is 1.26. The predicted octanol–water partition coefficient (Wildman–Crippen LogP) is 3.72. The van der Waals surface area contributed by atoms with E-state index in [1.54, 1.807) is 11.8 Å². The molecule has 1 heterocycles. The van der Waals surface area contributed by atoms with E-state index in [1.807, 2.05) is 0 Å². The Kier molecular flexibility index (Phi) is 4.27. The molecule has 1 aromatic rings. The van der Waals surface area contributed by atoms with Gasteiger partial charge in [-0.25, -0.2) is 0 Å². The lowest BCUT2D eigenvalue weighted by Gasteiger charge is -2.23. The van der Waals surface area contributed by atoms with Gasteiger partial charge >= 0.3 is 0 Å². The van der Waals surface area contributed by atoms with Crippen molar-refractivity contribution in [1.29, 1.82) is 0 Å². The number of hydrogen-bond acceptors (Lipinski definition) is 3. The Hall–Kier alpha value is -0.280. The first kappa shape index (κ1) is 11.2. The van der Waals surface area contributed by atoms with Crippen LogP contribution >= 0.6 is 23.5 Å². The van der Waals surface area contributed by atoms with Gasteiger partial charge in [0.15, 0.2) is 0 Å². The molecule has 2 rings (SSSR count). The molecule has 0 saturated carbocycles. The van der Waals surface area contributed by atoms with Gasteiger partial charge < -0.3 is 5.32 Å². The molecule has 0 unspecified atom stereocenters. The average molecular weight is 239 g/mol. The average Bonchev–Trinajstić information content (AvgIpc) is 2.31. The third-order valence-electron chi connectivity index (χ3n) is 2.62. The Balaban J connectivity index is 1.91. The third-order valence-corrected chi connectivity index (χ3v) is 4.58. The van der Waals surface area contributed by atoms with Gasteiger partial charge in [-0.2, -0.15) is 11.8 Å². The van der Waals surface area contributed by atoms with Gasteiger partial charge in [-0.3, -0.25) is 0 Å². The highest BCUT2D eigenvalue weighted by atomic mass is 32.2. The lowest BCUT2D eigenvalue weighted by molar-refractivity contribution is 0.685. The van der Waals surface area contributed by atoms with Gasteiger partial charge in [0, 0.05) is 22.4 Å². The first-order chi connectivity index (χ1) is 7.38. The summed E-state index contributed by atoms with van der Waals surface area (Å²) in [5, 5.41) is 3.60. The van der Waals surface area contributed by atoms with Crippen molar-refractivity contribution in [3.63, 3.8) is 0 Å². The minimum absolute atomic E-state index is 0.670. The SMILES string of the molecule is CSc1ccc(N[C@H]2CCCSC2)cc1. The smallest absolute Gasteiger partial charge is 0.0352 e. The van der Waals surface area contributed by atoms with Crippen LogP contribution in [0.4, 0.5) is 5.69 Å². The van der Waals surface area contributed by atoms with Crippen LogP contribution in [0.15, 0.2) is 29.2 Å². The summed E-state index contributed by atoms with van der Waals surface area (Å²) in [4.78, 5) is 1.33. The van der Waals surface area contributed by atoms with Crippen LogP contribution < -0.4 is 5.32 Å². The van der Waals surface area contributed by atoms with Crippen LogP contribution in [0.1, 0.15) is 12.8 Å². The molecule has 0 aromatic heterocycles. The lowest BCUT2D eigenvalue weighted by Crippen LogP contribution is -2.25. The Labute approximate surface area is 100 Å². The molecule has 1 atom stereocenters. The highest BCUT2D eigenvalue weighted by Gasteiger charge is 2.12. The molecule has 1 aliphatic rings. The Morgan fingerprint density at radius 1 is 1.33 bits per heavy atom. The van der Waals surface area contributed by atoms with Gasteiger partial charge in [0.2, 0.25) is 0 Å². The highest BCUT2D eigenvalue weighted by Crippen LogP contribution is 2.22. The number of hydrogen-bond donors (Lipinski definition) is 1. The third kappa shape index (κ3) is 3.35. The van der Waals surface area contributed by atoms with E-state index in [4.69, 9.17) is 0 Å². The van der Waals surface area contributed by atoms with Crippen molar-refractivity contribution < 1.29 is 0 Å². The minimum Gasteiger partial charge on any atom is -0.381 e. The van der Waals surface area contributed by atoms with Crippen LogP contribution in [-0.4, -0.2) is 23.8 Å². The Morgan fingerprint density at radius 2 is 2.13 bits per heavy atom. The van der Waals surface area contributed by atoms with Gasteiger partial charge in [0.1, 0.15) is 0 Å². The molecule has 3 heteroatoms. The molecule has 0 aliphatic carbocycles. The van der Waals surface area contributed by atoms with Crippen LogP contribution in [-0.2, 0) is 0 Å². The van der Waals surface area contributed by atoms with E-state index in [9.17, 15) is 0 Å². The summed E-state index contributed by atoms with van der Waals surface area (Å²) in [6.45, 7) is 0. The Morgan fingerprint density at radius 3 is 2.73 bits per heavy atom. The molecule has 0 spiro atoms. The maximum atomic E-state index is 3.60. The molecule has 0 bridgehead atoms. The molecule has 1 aliphatic heterocycles. The number of thioether (sulfide) groups is 2. The standard InChI is InChI=1S/C12H17NS2/c1-14-12-6-4-10(5-7-12)13-11-3-2-8-15-9-11/h4-7,11,13H,2-3,8-9H2,1H3/t11-/m0/s1. The van der Waals surface area contributed by atoms with Gasteiger partial charge in [-0.1, -0.05) is 0 Å². The van der Waals surface area contributed by atoms with Crippen molar-refractivity contribution >= 4 is 29.2 Å². The van der Waals surface area contributed by atoms with Crippen molar-refractivity contribution in [2.75, 3.05) is 23.1 Å². The number of anilines is 1. The minimum atomic E-state index is 0.670. The van der Waals surface area contributed by atoms with Crippen molar-refractivity contribution in [3.8, 4) is 0 Å². The fraction of sp³-hybridized carbons (Fsp3) is 0.500. The van der Waals surface area contributed by atoms with Gasteiger partial charge in [0.25, 0.3) is 0 Å². The normalized spacial score (nSPS) is 21.3. The van der Waals surface area contributed by atoms with E-state index >= 15 is 0 Å². The van der Waals surface area contributed by atoms with Gasteiger partial charge in [-0.05, 0) is 49.1 Å². The van der Waals surface area contributed by atoms with Crippen molar-refractivity contribution in [1.82, 2.24) is 0 Å². The molecule has 1 nitrogen and oxygen atoms in total. The summed E-state index contributed by atoms with van der Waals surface area (Å²) in [5.74, 6) is 2.59. The van der Waals surface area contributed by atoms with Gasteiger partial charge in [0.05, 0.1) is 0 Å². The van der Waals surface area contributed by atoms with Crippen molar-refractivity contribution in [3.05, 3.63) is 24.3 Å². The quantitative estimate of drug-likeness (QED) is 0.808. The fourth-order valence-electron chi connectivity index (χ4n) is 1.78. The second-order valence-corrected chi connectivity index (χ2v) is 5.82. The summed E-state index contributed by atoms with van der Waals surface area (Å²) >= 11 is 3.85. The molecule has 0 radical (unpaired) electrons. The topological polar surface area (TPSA) is 12.0 Å². The summed E-state index contributed by atoms with van der Waals surface area (Å²) in [6, 6.07) is 9.41. The number of nitrogens with one attached hydrogen (secondary N) is 1. The molecule has 1 fully saturated rings. The zero-order valence-corrected chi connectivity index (χ0v) is 10.7. The molecule has 1 saturated heterocycles. The van der Waals surface area contributed by atoms with E-state index in [0.717, 1.165) is 0 Å². The van der Waals surface area contributed by atoms with Gasteiger partial charge in [-0.15, -0.1) is 11.8 Å². The van der Waals surface area contributed by atoms with E-state index in [-0.39, 0.29) is 0 Å². The molecule has 0 amide bonds. The summed E-state index contributed by atoms with van der Waals surface area (Å²) in [7, 11) is 0. The molecule has 1 N–H and O–H groups in total. The first-order valence-corrected chi connectivity index (χ1v) is 7.75. The molecule has 82 valence electrons. The van der Waals surface area contributed by atoms with Crippen LogP contribution in [0, 0.1) is 0 Å². The van der Waals surface area contributed by atoms with Crippen LogP contribution in [0.3, 0.4) is 0 Å². The van der Waals surface area contributed by atoms with Crippen LogP contribution in [0.5, 0.6) is 0 Å². The maximum Gasteiger partial charge on any atom is 0.0352 e. The molecule has 1 aromatic carbocycles. The van der Waals surface area contributed by atoms with E-state index < -0.39 is 0 Å². The zero-order chi connectivity index (χ0) is 10.5. The number of benzene rings is 1. The zero-order valence-electron chi connectivity index (χ0n) is 9.03. The maximum absolute atomic E-state index is 3.60. The lowest BCUT2D eigenvalue weighted by atomic mass is 10.2. The largest absolute Gasteiger partial charge is 0.381 e. The van der Waals surface area contributed by atoms with Crippen LogP contribution in [0.2, 0.25) is 0 Å². The molecule has 15 heavy (non-hydrogen) atoms. The number of rotatable bonds is 3. The first-order valence-electron chi connectivity index (χ1n) is 5.37. The molecular formula is C12H17NS2. The van der Waals surface area contributed by atoms with Crippen molar-refractivity contribution in [2.45, 2.75) is 23.8 Å². The Bertz CT molecular complexity index is 291. The second kappa shape index (κ2) is 5.71. The van der Waals surface area contributed by atoms with Crippen LogP contribution in [0.25, 0.3) is 0 Å². The predicted molar refractivity (Wildman–Crippen MR) is 72.2 cm³/mol. The molecular weight excluding hydrogens is 222 g/mol. The summed E-state index contributed by atoms with van der Waals surface area (Å²) in [6.07, 6.45) is 4.78. The fourth-order valence-corrected chi connectivity index (χ4v) is 3.26. The van der Waals surface area contributed by atoms with E-state index in [1.165, 1.54) is 34.9 Å². The van der Waals surface area contributed by atoms with E-state index in [0.29, 0.717) is 6.04 Å². The highest BCUT2D eigenvalue weighted by molar-refractivity contribution is 7.99. The monoisotopic (exact) mass is 239 g/mol. The van der Waals surface area contributed by atoms with E-state index in [2.05, 4.69) is 47.6 Å². The summed E-state index contributed by atoms with van der Waals surface area (Å²) < 4.78 is 0. The second-order valence-electron chi connectivity index (χ2n) is 3.79.